The first-order valence-electron chi connectivity index (χ1n) is 6.71. The van der Waals surface area contributed by atoms with E-state index in [0.717, 1.165) is 42.3 Å². The molecule has 1 amide bonds. The van der Waals surface area contributed by atoms with Gasteiger partial charge in [-0.05, 0) is 42.9 Å². The molecule has 0 spiro atoms. The molecule has 1 aliphatic rings. The van der Waals surface area contributed by atoms with E-state index < -0.39 is 0 Å². The third-order valence-corrected chi connectivity index (χ3v) is 3.96. The van der Waals surface area contributed by atoms with Gasteiger partial charge in [0.05, 0.1) is 6.42 Å². The van der Waals surface area contributed by atoms with Crippen LogP contribution in [0.15, 0.2) is 29.2 Å². The van der Waals surface area contributed by atoms with Crippen molar-refractivity contribution >= 4 is 18.5 Å². The van der Waals surface area contributed by atoms with E-state index >= 15 is 0 Å². The second kappa shape index (κ2) is 6.28. The first kappa shape index (κ1) is 13.5. The molecule has 1 aromatic carbocycles. The Bertz CT molecular complexity index is 401. The summed E-state index contributed by atoms with van der Waals surface area (Å²) in [6.07, 6.45) is 4.05. The predicted octanol–water partition coefficient (Wildman–Crippen LogP) is 3.17. The molecule has 2 rings (SSSR count). The van der Waals surface area contributed by atoms with Crippen LogP contribution in [0.3, 0.4) is 0 Å². The number of likely N-dealkylation sites (tertiary alicyclic amines) is 1. The Labute approximate surface area is 115 Å². The highest BCUT2D eigenvalue weighted by molar-refractivity contribution is 7.80. The van der Waals surface area contributed by atoms with Crippen molar-refractivity contribution in [3.63, 3.8) is 0 Å². The fourth-order valence-electron chi connectivity index (χ4n) is 2.41. The molecule has 18 heavy (non-hydrogen) atoms. The molecule has 2 nitrogen and oxygen atoms in total. The summed E-state index contributed by atoms with van der Waals surface area (Å²) in [5.74, 6) is 1.02. The first-order chi connectivity index (χ1) is 8.65. The van der Waals surface area contributed by atoms with Crippen LogP contribution in [0.25, 0.3) is 0 Å². The maximum Gasteiger partial charge on any atom is 0.226 e. The zero-order valence-electron chi connectivity index (χ0n) is 10.9. The van der Waals surface area contributed by atoms with Crippen molar-refractivity contribution < 1.29 is 4.79 Å². The molecule has 0 bridgehead atoms. The third-order valence-electron chi connectivity index (χ3n) is 3.66. The molecule has 0 aliphatic carbocycles. The summed E-state index contributed by atoms with van der Waals surface area (Å²) in [5, 5.41) is 0. The lowest BCUT2D eigenvalue weighted by atomic mass is 10.0. The Morgan fingerprint density at radius 2 is 2.00 bits per heavy atom. The average molecular weight is 263 g/mol. The second-order valence-electron chi connectivity index (χ2n) is 5.26. The normalized spacial score (nSPS) is 20.6. The lowest BCUT2D eigenvalue weighted by molar-refractivity contribution is -0.130. The maximum atomic E-state index is 12.2. The number of benzene rings is 1. The topological polar surface area (TPSA) is 20.3 Å². The molecule has 0 N–H and O–H groups in total. The SMILES string of the molecule is CC1CCCN(C(=O)Cc2ccc(S)cc2)CC1. The summed E-state index contributed by atoms with van der Waals surface area (Å²) in [6, 6.07) is 7.85. The minimum absolute atomic E-state index is 0.260. The second-order valence-corrected chi connectivity index (χ2v) is 5.78. The smallest absolute Gasteiger partial charge is 0.226 e. The van der Waals surface area contributed by atoms with Gasteiger partial charge in [0, 0.05) is 18.0 Å². The zero-order chi connectivity index (χ0) is 13.0. The summed E-state index contributed by atoms with van der Waals surface area (Å²) in [5.41, 5.74) is 1.08. The number of hydrogen-bond acceptors (Lipinski definition) is 2. The molecule has 1 fully saturated rings. The van der Waals surface area contributed by atoms with Gasteiger partial charge in [-0.15, -0.1) is 12.6 Å². The number of carbonyl (C=O) groups is 1. The molecular formula is C15H21NOS. The molecule has 0 saturated carbocycles. The van der Waals surface area contributed by atoms with Gasteiger partial charge in [-0.25, -0.2) is 0 Å². The fraction of sp³-hybridized carbons (Fsp3) is 0.533. The van der Waals surface area contributed by atoms with Crippen LogP contribution in [0, 0.1) is 5.92 Å². The first-order valence-corrected chi connectivity index (χ1v) is 7.15. The Morgan fingerprint density at radius 1 is 1.28 bits per heavy atom. The van der Waals surface area contributed by atoms with Crippen LogP contribution in [-0.2, 0) is 11.2 Å². The van der Waals surface area contributed by atoms with Gasteiger partial charge < -0.3 is 4.90 Å². The minimum Gasteiger partial charge on any atom is -0.342 e. The van der Waals surface area contributed by atoms with Crippen LogP contribution in [0.4, 0.5) is 0 Å². The van der Waals surface area contributed by atoms with Crippen LogP contribution in [0.5, 0.6) is 0 Å². The fourth-order valence-corrected chi connectivity index (χ4v) is 2.56. The summed E-state index contributed by atoms with van der Waals surface area (Å²) in [6.45, 7) is 4.12. The van der Waals surface area contributed by atoms with E-state index in [-0.39, 0.29) is 5.91 Å². The molecule has 1 aliphatic heterocycles. The molecule has 1 saturated heterocycles. The van der Waals surface area contributed by atoms with E-state index in [1.54, 1.807) is 0 Å². The van der Waals surface area contributed by atoms with Gasteiger partial charge in [0.25, 0.3) is 0 Å². The monoisotopic (exact) mass is 263 g/mol. The maximum absolute atomic E-state index is 12.2. The molecule has 0 aromatic heterocycles. The van der Waals surface area contributed by atoms with Gasteiger partial charge >= 0.3 is 0 Å². The van der Waals surface area contributed by atoms with Crippen molar-refractivity contribution in [2.75, 3.05) is 13.1 Å². The van der Waals surface area contributed by atoms with E-state index in [1.807, 2.05) is 29.2 Å². The van der Waals surface area contributed by atoms with Crippen LogP contribution >= 0.6 is 12.6 Å². The Balaban J connectivity index is 1.92. The van der Waals surface area contributed by atoms with Gasteiger partial charge in [-0.1, -0.05) is 19.1 Å². The molecule has 0 radical (unpaired) electrons. The van der Waals surface area contributed by atoms with Gasteiger partial charge in [-0.2, -0.15) is 0 Å². The molecule has 98 valence electrons. The highest BCUT2D eigenvalue weighted by Crippen LogP contribution is 2.17. The van der Waals surface area contributed by atoms with E-state index in [1.165, 1.54) is 6.42 Å². The van der Waals surface area contributed by atoms with Gasteiger partial charge in [0.2, 0.25) is 5.91 Å². The number of carbonyl (C=O) groups excluding carboxylic acids is 1. The molecule has 1 atom stereocenters. The number of thiol groups is 1. The zero-order valence-corrected chi connectivity index (χ0v) is 11.8. The van der Waals surface area contributed by atoms with Crippen molar-refractivity contribution in [2.45, 2.75) is 37.5 Å². The van der Waals surface area contributed by atoms with Gasteiger partial charge in [0.15, 0.2) is 0 Å². The van der Waals surface area contributed by atoms with Crippen LogP contribution in [0.2, 0.25) is 0 Å². The summed E-state index contributed by atoms with van der Waals surface area (Å²) in [4.78, 5) is 15.2. The van der Waals surface area contributed by atoms with Gasteiger partial charge in [-0.3, -0.25) is 4.79 Å². The van der Waals surface area contributed by atoms with Crippen LogP contribution in [-0.4, -0.2) is 23.9 Å². The van der Waals surface area contributed by atoms with Crippen molar-refractivity contribution in [1.82, 2.24) is 4.90 Å². The molecule has 1 heterocycles. The van der Waals surface area contributed by atoms with E-state index in [0.29, 0.717) is 6.42 Å². The number of rotatable bonds is 2. The third kappa shape index (κ3) is 3.77. The molecule has 1 unspecified atom stereocenters. The lowest BCUT2D eigenvalue weighted by Gasteiger charge is -2.20. The highest BCUT2D eigenvalue weighted by Gasteiger charge is 2.18. The quantitative estimate of drug-likeness (QED) is 0.813. The number of amides is 1. The Morgan fingerprint density at radius 3 is 2.72 bits per heavy atom. The minimum atomic E-state index is 0.260. The van der Waals surface area contributed by atoms with E-state index in [4.69, 9.17) is 0 Å². The summed E-state index contributed by atoms with van der Waals surface area (Å²) in [7, 11) is 0. The standard InChI is InChI=1S/C15H21NOS/c1-12-3-2-9-16(10-8-12)15(17)11-13-4-6-14(18)7-5-13/h4-7,12,18H,2-3,8-11H2,1H3. The molecule has 1 aromatic rings. The van der Waals surface area contributed by atoms with Crippen molar-refractivity contribution in [2.24, 2.45) is 5.92 Å². The van der Waals surface area contributed by atoms with Crippen LogP contribution < -0.4 is 0 Å². The number of hydrogen-bond donors (Lipinski definition) is 1. The van der Waals surface area contributed by atoms with E-state index in [9.17, 15) is 4.79 Å². The molecular weight excluding hydrogens is 242 g/mol. The van der Waals surface area contributed by atoms with Crippen LogP contribution in [0.1, 0.15) is 31.7 Å². The predicted molar refractivity (Wildman–Crippen MR) is 77.0 cm³/mol. The Hall–Kier alpha value is -0.960. The largest absolute Gasteiger partial charge is 0.342 e. The van der Waals surface area contributed by atoms with E-state index in [2.05, 4.69) is 19.6 Å². The summed E-state index contributed by atoms with van der Waals surface area (Å²) >= 11 is 4.25. The lowest BCUT2D eigenvalue weighted by Crippen LogP contribution is -2.33. The van der Waals surface area contributed by atoms with Gasteiger partial charge in [0.1, 0.15) is 0 Å². The van der Waals surface area contributed by atoms with Crippen molar-refractivity contribution in [3.8, 4) is 0 Å². The van der Waals surface area contributed by atoms with Crippen molar-refractivity contribution in [1.29, 1.82) is 0 Å². The highest BCUT2D eigenvalue weighted by atomic mass is 32.1. The molecule has 3 heteroatoms. The summed E-state index contributed by atoms with van der Waals surface area (Å²) < 4.78 is 0. The van der Waals surface area contributed by atoms with Crippen molar-refractivity contribution in [3.05, 3.63) is 29.8 Å². The Kier molecular flexibility index (Phi) is 4.70. The average Bonchev–Trinajstić information content (AvgIpc) is 2.57. The number of nitrogens with zero attached hydrogens (tertiary/aromatic N) is 1.